The third kappa shape index (κ3) is 3.81. The van der Waals surface area contributed by atoms with Gasteiger partial charge in [-0.1, -0.05) is 6.07 Å². The van der Waals surface area contributed by atoms with E-state index >= 15 is 0 Å². The Balaban J connectivity index is 2.09. The van der Waals surface area contributed by atoms with Crippen molar-refractivity contribution < 1.29 is 9.90 Å². The van der Waals surface area contributed by atoms with E-state index in [2.05, 4.69) is 20.9 Å². The van der Waals surface area contributed by atoms with E-state index in [9.17, 15) is 4.79 Å². The molecule has 0 aliphatic rings. The first-order valence-electron chi connectivity index (χ1n) is 5.63. The number of carboxylic acid groups (broad SMARTS) is 1. The molecule has 0 aliphatic carbocycles. The second kappa shape index (κ2) is 6.21. The number of thioether (sulfide) groups is 1. The first kappa shape index (κ1) is 14.1. The normalized spacial score (nSPS) is 10.4. The highest BCUT2D eigenvalue weighted by Crippen LogP contribution is 2.24. The minimum atomic E-state index is -0.887. The number of hydrogen-bond acceptors (Lipinski definition) is 3. The zero-order valence-corrected chi connectivity index (χ0v) is 12.7. The van der Waals surface area contributed by atoms with Gasteiger partial charge in [0.05, 0.1) is 11.3 Å². The predicted molar refractivity (Wildman–Crippen MR) is 79.6 cm³/mol. The summed E-state index contributed by atoms with van der Waals surface area (Å²) in [5, 5.41) is 9.08. The minimum Gasteiger partial charge on any atom is -0.478 e. The monoisotopic (exact) mass is 337 g/mol. The number of hydrogen-bond donors (Lipinski definition) is 1. The molecular weight excluding hydrogens is 326 g/mol. The first-order valence-corrected chi connectivity index (χ1v) is 7.41. The Morgan fingerprint density at radius 2 is 2.16 bits per heavy atom. The van der Waals surface area contributed by atoms with Crippen molar-refractivity contribution in [2.24, 2.45) is 0 Å². The maximum atomic E-state index is 11.1. The molecular formula is C14H12BrNO2S. The largest absolute Gasteiger partial charge is 0.478 e. The minimum absolute atomic E-state index is 0.355. The van der Waals surface area contributed by atoms with Gasteiger partial charge in [-0.15, -0.1) is 11.8 Å². The van der Waals surface area contributed by atoms with Crippen molar-refractivity contribution in [2.75, 3.05) is 0 Å². The SMILES string of the molecule is Cc1ccc(SCc2ccc(Br)cn2)cc1C(=O)O. The van der Waals surface area contributed by atoms with Gasteiger partial charge < -0.3 is 5.11 Å². The lowest BCUT2D eigenvalue weighted by atomic mass is 10.1. The summed E-state index contributed by atoms with van der Waals surface area (Å²) in [7, 11) is 0. The summed E-state index contributed by atoms with van der Waals surface area (Å²) in [6, 6.07) is 9.37. The number of benzene rings is 1. The number of carboxylic acids is 1. The van der Waals surface area contributed by atoms with Crippen LogP contribution in [0.15, 0.2) is 45.9 Å². The number of carbonyl (C=O) groups is 1. The van der Waals surface area contributed by atoms with Gasteiger partial charge in [0.1, 0.15) is 0 Å². The van der Waals surface area contributed by atoms with E-state index in [1.54, 1.807) is 30.9 Å². The number of aromatic nitrogens is 1. The van der Waals surface area contributed by atoms with Gasteiger partial charge in [0, 0.05) is 21.3 Å². The lowest BCUT2D eigenvalue weighted by Crippen LogP contribution is -1.99. The molecule has 0 bridgehead atoms. The fraction of sp³-hybridized carbons (Fsp3) is 0.143. The van der Waals surface area contributed by atoms with Gasteiger partial charge in [-0.2, -0.15) is 0 Å². The maximum Gasteiger partial charge on any atom is 0.335 e. The number of nitrogens with zero attached hydrogens (tertiary/aromatic N) is 1. The first-order chi connectivity index (χ1) is 9.06. The van der Waals surface area contributed by atoms with E-state index in [1.165, 1.54) is 0 Å². The van der Waals surface area contributed by atoms with E-state index in [1.807, 2.05) is 24.3 Å². The Morgan fingerprint density at radius 1 is 1.37 bits per heavy atom. The predicted octanol–water partition coefficient (Wildman–Crippen LogP) is 4.14. The molecule has 1 aromatic heterocycles. The standard InChI is InChI=1S/C14H12BrNO2S/c1-9-2-5-12(6-13(9)14(17)18)19-8-11-4-3-10(15)7-16-11/h2-7H,8H2,1H3,(H,17,18). The van der Waals surface area contributed by atoms with Crippen LogP contribution in [0.3, 0.4) is 0 Å². The van der Waals surface area contributed by atoms with Crippen molar-refractivity contribution in [3.8, 4) is 0 Å². The lowest BCUT2D eigenvalue weighted by Gasteiger charge is -2.05. The fourth-order valence-corrected chi connectivity index (χ4v) is 2.66. The number of rotatable bonds is 4. The van der Waals surface area contributed by atoms with Gasteiger partial charge in [0.15, 0.2) is 0 Å². The van der Waals surface area contributed by atoms with Crippen molar-refractivity contribution in [3.05, 3.63) is 57.8 Å². The Hall–Kier alpha value is -1.33. The van der Waals surface area contributed by atoms with Gasteiger partial charge in [-0.3, -0.25) is 4.98 Å². The number of pyridine rings is 1. The summed E-state index contributed by atoms with van der Waals surface area (Å²) >= 11 is 4.92. The highest BCUT2D eigenvalue weighted by Gasteiger charge is 2.08. The van der Waals surface area contributed by atoms with Crippen molar-refractivity contribution in [1.82, 2.24) is 4.98 Å². The highest BCUT2D eigenvalue weighted by molar-refractivity contribution is 9.10. The Labute approximate surface area is 124 Å². The van der Waals surface area contributed by atoms with Crippen LogP contribution in [0.25, 0.3) is 0 Å². The third-order valence-electron chi connectivity index (χ3n) is 2.61. The Bertz CT molecular complexity index is 599. The van der Waals surface area contributed by atoms with Crippen LogP contribution in [0.2, 0.25) is 0 Å². The molecule has 1 aromatic carbocycles. The number of halogens is 1. The molecule has 0 amide bonds. The molecule has 98 valence electrons. The second-order valence-corrected chi connectivity index (χ2v) is 6.00. The molecule has 0 spiro atoms. The zero-order chi connectivity index (χ0) is 13.8. The highest BCUT2D eigenvalue weighted by atomic mass is 79.9. The summed E-state index contributed by atoms with van der Waals surface area (Å²) < 4.78 is 0.949. The molecule has 5 heteroatoms. The van der Waals surface area contributed by atoms with E-state index in [0.29, 0.717) is 5.56 Å². The van der Waals surface area contributed by atoms with Crippen molar-refractivity contribution >= 4 is 33.7 Å². The van der Waals surface area contributed by atoms with Crippen molar-refractivity contribution in [1.29, 1.82) is 0 Å². The Kier molecular flexibility index (Phi) is 4.61. The van der Waals surface area contributed by atoms with E-state index in [-0.39, 0.29) is 0 Å². The smallest absolute Gasteiger partial charge is 0.335 e. The molecule has 1 N–H and O–H groups in total. The van der Waals surface area contributed by atoms with E-state index in [4.69, 9.17) is 5.11 Å². The molecule has 1 heterocycles. The summed E-state index contributed by atoms with van der Waals surface area (Å²) in [5.74, 6) is -0.170. The summed E-state index contributed by atoms with van der Waals surface area (Å²) in [6.45, 7) is 1.80. The average molecular weight is 338 g/mol. The fourth-order valence-electron chi connectivity index (χ4n) is 1.57. The number of aromatic carboxylic acids is 1. The van der Waals surface area contributed by atoms with Crippen LogP contribution in [0.5, 0.6) is 0 Å². The van der Waals surface area contributed by atoms with Gasteiger partial charge in [0.25, 0.3) is 0 Å². The average Bonchev–Trinajstić information content (AvgIpc) is 2.39. The quantitative estimate of drug-likeness (QED) is 0.851. The molecule has 19 heavy (non-hydrogen) atoms. The van der Waals surface area contributed by atoms with Crippen LogP contribution in [0.1, 0.15) is 21.6 Å². The second-order valence-electron chi connectivity index (χ2n) is 4.04. The van der Waals surface area contributed by atoms with Gasteiger partial charge >= 0.3 is 5.97 Å². The van der Waals surface area contributed by atoms with E-state index < -0.39 is 5.97 Å². The molecule has 0 radical (unpaired) electrons. The van der Waals surface area contributed by atoms with Crippen LogP contribution in [0.4, 0.5) is 0 Å². The third-order valence-corrected chi connectivity index (χ3v) is 4.11. The van der Waals surface area contributed by atoms with Crippen LogP contribution < -0.4 is 0 Å². The van der Waals surface area contributed by atoms with Crippen LogP contribution >= 0.6 is 27.7 Å². The molecule has 2 aromatic rings. The van der Waals surface area contributed by atoms with Crippen molar-refractivity contribution in [2.45, 2.75) is 17.6 Å². The zero-order valence-electron chi connectivity index (χ0n) is 10.3. The van der Waals surface area contributed by atoms with E-state index in [0.717, 1.165) is 26.4 Å². The summed E-state index contributed by atoms with van der Waals surface area (Å²) in [6.07, 6.45) is 1.76. The summed E-state index contributed by atoms with van der Waals surface area (Å²) in [5.41, 5.74) is 2.10. The molecule has 3 nitrogen and oxygen atoms in total. The van der Waals surface area contributed by atoms with Gasteiger partial charge in [-0.25, -0.2) is 4.79 Å². The Morgan fingerprint density at radius 3 is 2.79 bits per heavy atom. The molecule has 0 unspecified atom stereocenters. The van der Waals surface area contributed by atoms with Crippen molar-refractivity contribution in [3.63, 3.8) is 0 Å². The van der Waals surface area contributed by atoms with Crippen LogP contribution in [-0.2, 0) is 5.75 Å². The van der Waals surface area contributed by atoms with Crippen LogP contribution in [0, 0.1) is 6.92 Å². The molecule has 2 rings (SSSR count). The maximum absolute atomic E-state index is 11.1. The number of aryl methyl sites for hydroxylation is 1. The lowest BCUT2D eigenvalue weighted by molar-refractivity contribution is 0.0696. The molecule has 0 atom stereocenters. The molecule has 0 fully saturated rings. The molecule has 0 saturated carbocycles. The summed E-state index contributed by atoms with van der Waals surface area (Å²) in [4.78, 5) is 16.3. The topological polar surface area (TPSA) is 50.2 Å². The van der Waals surface area contributed by atoms with Gasteiger partial charge in [0.2, 0.25) is 0 Å². The van der Waals surface area contributed by atoms with Gasteiger partial charge in [-0.05, 0) is 52.7 Å². The molecule has 0 saturated heterocycles. The van der Waals surface area contributed by atoms with Crippen LogP contribution in [-0.4, -0.2) is 16.1 Å². The molecule has 0 aliphatic heterocycles.